The molecular weight excluding hydrogens is 447 g/mol. The van der Waals surface area contributed by atoms with Crippen LogP contribution in [0.3, 0.4) is 0 Å². The van der Waals surface area contributed by atoms with Gasteiger partial charge in [0, 0.05) is 38.5 Å². The van der Waals surface area contributed by atoms with Crippen molar-refractivity contribution in [3.8, 4) is 0 Å². The van der Waals surface area contributed by atoms with Crippen LogP contribution in [-0.4, -0.2) is 78.3 Å². The lowest BCUT2D eigenvalue weighted by Crippen LogP contribution is -2.47. The fraction of sp³-hybridized carbons (Fsp3) is 0.444. The van der Waals surface area contributed by atoms with Gasteiger partial charge in [-0.15, -0.1) is 0 Å². The minimum absolute atomic E-state index is 0.00318. The number of benzene rings is 2. The Morgan fingerprint density at radius 3 is 2.43 bits per heavy atom. The zero-order chi connectivity index (χ0) is 24.2. The van der Waals surface area contributed by atoms with Crippen molar-refractivity contribution < 1.29 is 18.7 Å². The fourth-order valence-electron chi connectivity index (χ4n) is 4.67. The summed E-state index contributed by atoms with van der Waals surface area (Å²) in [4.78, 5) is 30.6. The van der Waals surface area contributed by atoms with Crippen LogP contribution in [0.1, 0.15) is 36.4 Å². The first kappa shape index (κ1) is 23.6. The minimum atomic E-state index is -0.311. The third kappa shape index (κ3) is 5.77. The highest BCUT2D eigenvalue weighted by Gasteiger charge is 2.37. The summed E-state index contributed by atoms with van der Waals surface area (Å²) < 4.78 is 18.9. The highest BCUT2D eigenvalue weighted by molar-refractivity contribution is 6.03. The van der Waals surface area contributed by atoms with Gasteiger partial charge in [-0.1, -0.05) is 42.5 Å². The van der Waals surface area contributed by atoms with E-state index in [-0.39, 0.29) is 36.1 Å². The van der Waals surface area contributed by atoms with Crippen molar-refractivity contribution in [2.45, 2.75) is 25.3 Å². The number of morpholine rings is 1. The first-order valence-electron chi connectivity index (χ1n) is 12.4. The molecule has 2 amide bonds. The number of halogens is 1. The van der Waals surface area contributed by atoms with E-state index in [1.165, 1.54) is 17.1 Å². The van der Waals surface area contributed by atoms with Crippen LogP contribution in [0.15, 0.2) is 59.7 Å². The summed E-state index contributed by atoms with van der Waals surface area (Å²) in [6.45, 7) is 4.32. The predicted octanol–water partition coefficient (Wildman–Crippen LogP) is 3.07. The van der Waals surface area contributed by atoms with Gasteiger partial charge in [0.1, 0.15) is 12.4 Å². The van der Waals surface area contributed by atoms with Crippen LogP contribution in [0.5, 0.6) is 0 Å². The topological polar surface area (TPSA) is 65.5 Å². The standard InChI is InChI=1S/C27H31FN4O3/c28-23-10-8-20(9-11-23)24-18-25(21-4-2-1-3-5-21)32(29-24)26(33)19-31(27(34)22-6-7-22)13-12-30-14-16-35-17-15-30/h1-5,8-11,22,25H,6-7,12-19H2/t25-/m1/s1. The van der Waals surface area contributed by atoms with Crippen LogP contribution in [0.2, 0.25) is 0 Å². The Labute approximate surface area is 205 Å². The van der Waals surface area contributed by atoms with Gasteiger partial charge in [0.15, 0.2) is 0 Å². The molecule has 0 radical (unpaired) electrons. The molecule has 0 N–H and O–H groups in total. The number of hydrazone groups is 1. The Balaban J connectivity index is 1.34. The number of hydrogen-bond donors (Lipinski definition) is 0. The summed E-state index contributed by atoms with van der Waals surface area (Å²) in [5, 5.41) is 6.21. The molecule has 2 fully saturated rings. The zero-order valence-corrected chi connectivity index (χ0v) is 19.8. The molecule has 7 nitrogen and oxygen atoms in total. The van der Waals surface area contributed by atoms with E-state index in [1.807, 2.05) is 30.3 Å². The van der Waals surface area contributed by atoms with Gasteiger partial charge in [0.2, 0.25) is 5.91 Å². The van der Waals surface area contributed by atoms with Gasteiger partial charge in [-0.25, -0.2) is 9.40 Å². The van der Waals surface area contributed by atoms with Crippen molar-refractivity contribution in [2.24, 2.45) is 11.0 Å². The van der Waals surface area contributed by atoms with Crippen LogP contribution < -0.4 is 0 Å². The maximum atomic E-state index is 13.6. The van der Waals surface area contributed by atoms with E-state index in [0.717, 1.165) is 49.3 Å². The number of ether oxygens (including phenoxy) is 1. The van der Waals surface area contributed by atoms with Gasteiger partial charge in [0.05, 0.1) is 25.0 Å². The van der Waals surface area contributed by atoms with Gasteiger partial charge in [-0.3, -0.25) is 14.5 Å². The number of hydrogen-bond acceptors (Lipinski definition) is 5. The van der Waals surface area contributed by atoms with Crippen LogP contribution in [0.25, 0.3) is 0 Å². The van der Waals surface area contributed by atoms with Crippen molar-refractivity contribution in [3.63, 3.8) is 0 Å². The highest BCUT2D eigenvalue weighted by Crippen LogP contribution is 2.34. The largest absolute Gasteiger partial charge is 0.379 e. The molecular formula is C27H31FN4O3. The Kier molecular flexibility index (Phi) is 7.20. The molecule has 1 atom stereocenters. The van der Waals surface area contributed by atoms with Gasteiger partial charge >= 0.3 is 0 Å². The maximum absolute atomic E-state index is 13.6. The summed E-state index contributed by atoms with van der Waals surface area (Å²) in [6.07, 6.45) is 2.32. The summed E-state index contributed by atoms with van der Waals surface area (Å²) in [6, 6.07) is 15.7. The van der Waals surface area contributed by atoms with Crippen molar-refractivity contribution >= 4 is 17.5 Å². The van der Waals surface area contributed by atoms with Crippen molar-refractivity contribution in [3.05, 3.63) is 71.5 Å². The molecule has 3 aliphatic rings. The molecule has 0 spiro atoms. The molecule has 0 aromatic heterocycles. The SMILES string of the molecule is O=C(C1CC1)N(CCN1CCOCC1)CC(=O)N1N=C(c2ccc(F)cc2)C[C@@H]1c1ccccc1. The van der Waals surface area contributed by atoms with E-state index in [2.05, 4.69) is 10.0 Å². The van der Waals surface area contributed by atoms with E-state index in [4.69, 9.17) is 4.74 Å². The normalized spacial score (nSPS) is 20.5. The Hall–Kier alpha value is -3.10. The number of carbonyl (C=O) groups excluding carboxylic acids is 2. The van der Waals surface area contributed by atoms with Gasteiger partial charge in [-0.05, 0) is 36.1 Å². The molecule has 35 heavy (non-hydrogen) atoms. The smallest absolute Gasteiger partial charge is 0.262 e. The third-order valence-electron chi connectivity index (χ3n) is 6.88. The second-order valence-corrected chi connectivity index (χ2v) is 9.41. The van der Waals surface area contributed by atoms with Crippen molar-refractivity contribution in [1.29, 1.82) is 0 Å². The molecule has 1 aliphatic carbocycles. The second-order valence-electron chi connectivity index (χ2n) is 9.41. The second kappa shape index (κ2) is 10.7. The third-order valence-corrected chi connectivity index (χ3v) is 6.88. The van der Waals surface area contributed by atoms with Gasteiger partial charge < -0.3 is 9.64 Å². The molecule has 2 aromatic carbocycles. The summed E-state index contributed by atoms with van der Waals surface area (Å²) in [5.41, 5.74) is 2.51. The molecule has 184 valence electrons. The lowest BCUT2D eigenvalue weighted by Gasteiger charge is -2.31. The molecule has 0 unspecified atom stereocenters. The number of rotatable bonds is 8. The van der Waals surface area contributed by atoms with Crippen LogP contribution in [0, 0.1) is 11.7 Å². The van der Waals surface area contributed by atoms with Gasteiger partial charge in [0.25, 0.3) is 5.91 Å². The van der Waals surface area contributed by atoms with E-state index in [9.17, 15) is 14.0 Å². The average Bonchev–Trinajstić information content (AvgIpc) is 3.65. The Morgan fingerprint density at radius 1 is 1.03 bits per heavy atom. The van der Waals surface area contributed by atoms with E-state index in [1.54, 1.807) is 17.0 Å². The first-order valence-corrected chi connectivity index (χ1v) is 12.4. The molecule has 0 bridgehead atoms. The number of carbonyl (C=O) groups is 2. The maximum Gasteiger partial charge on any atom is 0.262 e. The summed E-state index contributed by atoms with van der Waals surface area (Å²) in [7, 11) is 0. The van der Waals surface area contributed by atoms with E-state index in [0.29, 0.717) is 26.2 Å². The number of amides is 2. The summed E-state index contributed by atoms with van der Waals surface area (Å²) in [5.74, 6) is -0.416. The summed E-state index contributed by atoms with van der Waals surface area (Å²) >= 11 is 0. The molecule has 1 saturated heterocycles. The van der Waals surface area contributed by atoms with Crippen molar-refractivity contribution in [1.82, 2.24) is 14.8 Å². The first-order chi connectivity index (χ1) is 17.1. The van der Waals surface area contributed by atoms with E-state index < -0.39 is 0 Å². The van der Waals surface area contributed by atoms with Crippen LogP contribution >= 0.6 is 0 Å². The molecule has 2 aliphatic heterocycles. The molecule has 1 saturated carbocycles. The quantitative estimate of drug-likeness (QED) is 0.585. The predicted molar refractivity (Wildman–Crippen MR) is 130 cm³/mol. The minimum Gasteiger partial charge on any atom is -0.379 e. The Bertz CT molecular complexity index is 1070. The molecule has 2 aromatic rings. The van der Waals surface area contributed by atoms with Crippen LogP contribution in [0.4, 0.5) is 4.39 Å². The number of nitrogens with zero attached hydrogens (tertiary/aromatic N) is 4. The lowest BCUT2D eigenvalue weighted by atomic mass is 9.98. The van der Waals surface area contributed by atoms with E-state index >= 15 is 0 Å². The highest BCUT2D eigenvalue weighted by atomic mass is 19.1. The monoisotopic (exact) mass is 478 g/mol. The Morgan fingerprint density at radius 2 is 1.74 bits per heavy atom. The fourth-order valence-corrected chi connectivity index (χ4v) is 4.67. The van der Waals surface area contributed by atoms with Crippen LogP contribution in [-0.2, 0) is 14.3 Å². The molecule has 5 rings (SSSR count). The zero-order valence-electron chi connectivity index (χ0n) is 19.8. The molecule has 2 heterocycles. The van der Waals surface area contributed by atoms with Crippen molar-refractivity contribution in [2.75, 3.05) is 45.9 Å². The molecule has 8 heteroatoms. The lowest BCUT2D eigenvalue weighted by molar-refractivity contribution is -0.142. The van der Waals surface area contributed by atoms with Gasteiger partial charge in [-0.2, -0.15) is 5.10 Å². The average molecular weight is 479 g/mol.